The molecule has 0 aliphatic rings. The Kier molecular flexibility index (Phi) is 6.56. The van der Waals surface area contributed by atoms with Crippen molar-refractivity contribution in [3.8, 4) is 51.8 Å². The summed E-state index contributed by atoms with van der Waals surface area (Å²) in [6, 6.07) is 57.7. The van der Waals surface area contributed by atoms with Gasteiger partial charge in [-0.1, -0.05) is 91.0 Å². The Morgan fingerprint density at radius 3 is 1.54 bits per heavy atom. The van der Waals surface area contributed by atoms with E-state index in [1.165, 1.54) is 0 Å². The topological polar surface area (TPSA) is 81.2 Å². The van der Waals surface area contributed by atoms with E-state index in [4.69, 9.17) is 0 Å². The minimum absolute atomic E-state index is 0.488. The third kappa shape index (κ3) is 4.24. The second-order valence-electron chi connectivity index (χ2n) is 12.3. The van der Waals surface area contributed by atoms with Gasteiger partial charge in [-0.2, -0.15) is 15.8 Å². The Morgan fingerprint density at radius 1 is 0.400 bits per heavy atom. The van der Waals surface area contributed by atoms with Gasteiger partial charge in [-0.25, -0.2) is 0 Å². The van der Waals surface area contributed by atoms with Gasteiger partial charge in [0.05, 0.1) is 56.6 Å². The van der Waals surface area contributed by atoms with E-state index in [0.29, 0.717) is 27.9 Å². The normalized spacial score (nSPS) is 11.1. The zero-order valence-corrected chi connectivity index (χ0v) is 26.7. The largest absolute Gasteiger partial charge is 0.309 e. The zero-order chi connectivity index (χ0) is 33.8. The highest BCUT2D eigenvalue weighted by atomic mass is 15.0. The Labute approximate surface area is 287 Å². The molecule has 230 valence electrons. The quantitative estimate of drug-likeness (QED) is 0.193. The summed E-state index contributed by atoms with van der Waals surface area (Å²) in [5.41, 5.74) is 10.8. The molecule has 5 nitrogen and oxygen atoms in total. The molecule has 9 aromatic rings. The molecule has 0 aliphatic carbocycles. The number of fused-ring (bicyclic) bond motifs is 6. The van der Waals surface area contributed by atoms with Crippen LogP contribution in [0.3, 0.4) is 0 Å². The molecule has 0 radical (unpaired) electrons. The Hall–Kier alpha value is -7.39. The van der Waals surface area contributed by atoms with Gasteiger partial charge in [0, 0.05) is 32.8 Å². The summed E-state index contributed by atoms with van der Waals surface area (Å²) in [7, 11) is 0. The van der Waals surface area contributed by atoms with Crippen molar-refractivity contribution in [1.29, 1.82) is 15.8 Å². The maximum atomic E-state index is 10.5. The SMILES string of the molecule is N#Cc1ccc2c(c1)c1ccccc1n2-c1ccc(-c2ccccc2-c2c(C#N)ccc(C#N)c2-n2c3ccccc3c3ccccc32)cc1. The van der Waals surface area contributed by atoms with E-state index in [0.717, 1.165) is 66.0 Å². The summed E-state index contributed by atoms with van der Waals surface area (Å²) in [5, 5.41) is 34.9. The molecule has 0 saturated carbocycles. The van der Waals surface area contributed by atoms with Crippen LogP contribution < -0.4 is 0 Å². The van der Waals surface area contributed by atoms with Gasteiger partial charge in [-0.3, -0.25) is 0 Å². The van der Waals surface area contributed by atoms with Crippen molar-refractivity contribution < 1.29 is 0 Å². The Morgan fingerprint density at radius 2 is 0.920 bits per heavy atom. The van der Waals surface area contributed by atoms with Crippen molar-refractivity contribution in [3.63, 3.8) is 0 Å². The lowest BCUT2D eigenvalue weighted by molar-refractivity contribution is 1.17. The van der Waals surface area contributed by atoms with Gasteiger partial charge in [0.15, 0.2) is 0 Å². The first kappa shape index (κ1) is 28.8. The lowest BCUT2D eigenvalue weighted by atomic mass is 9.89. The van der Waals surface area contributed by atoms with Gasteiger partial charge in [0.2, 0.25) is 0 Å². The number of rotatable bonds is 4. The van der Waals surface area contributed by atoms with E-state index in [-0.39, 0.29) is 0 Å². The van der Waals surface area contributed by atoms with Gasteiger partial charge >= 0.3 is 0 Å². The molecule has 0 fully saturated rings. The molecule has 7 aromatic carbocycles. The summed E-state index contributed by atoms with van der Waals surface area (Å²) in [5.74, 6) is 0. The van der Waals surface area contributed by atoms with E-state index >= 15 is 0 Å². The Bertz CT molecular complexity index is 2900. The average Bonchev–Trinajstić information content (AvgIpc) is 3.70. The first-order valence-corrected chi connectivity index (χ1v) is 16.3. The van der Waals surface area contributed by atoms with Crippen LogP contribution in [0.1, 0.15) is 16.7 Å². The van der Waals surface area contributed by atoms with Gasteiger partial charge < -0.3 is 9.13 Å². The molecule has 0 aliphatic heterocycles. The van der Waals surface area contributed by atoms with Crippen LogP contribution in [0.2, 0.25) is 0 Å². The molecular weight excluding hydrogens is 611 g/mol. The molecule has 0 atom stereocenters. The van der Waals surface area contributed by atoms with Crippen LogP contribution in [0.25, 0.3) is 77.2 Å². The fourth-order valence-electron chi connectivity index (χ4n) is 7.51. The summed E-state index contributed by atoms with van der Waals surface area (Å²) in [6.45, 7) is 0. The standard InChI is InChI=1S/C45H25N5/c46-26-29-17-24-43-39(25-29)37-12-5-6-14-40(37)49(43)33-22-20-30(21-23-33)34-9-1-2-13-38(34)44-31(27-47)18-19-32(28-48)45(44)50-41-15-7-3-10-35(41)36-11-4-8-16-42(36)50/h1-25H. The van der Waals surface area contributed by atoms with Crippen molar-refractivity contribution >= 4 is 43.6 Å². The molecule has 0 bridgehead atoms. The molecule has 0 unspecified atom stereocenters. The van der Waals surface area contributed by atoms with Crippen molar-refractivity contribution in [3.05, 3.63) is 168 Å². The van der Waals surface area contributed by atoms with Crippen LogP contribution in [0.15, 0.2) is 152 Å². The molecule has 50 heavy (non-hydrogen) atoms. The van der Waals surface area contributed by atoms with E-state index in [1.807, 2.05) is 72.8 Å². The minimum Gasteiger partial charge on any atom is -0.309 e. The highest BCUT2D eigenvalue weighted by Crippen LogP contribution is 2.43. The molecule has 0 amide bonds. The first-order chi connectivity index (χ1) is 24.7. The summed E-state index contributed by atoms with van der Waals surface area (Å²) < 4.78 is 4.37. The van der Waals surface area contributed by atoms with Gasteiger partial charge in [-0.15, -0.1) is 0 Å². The number of aromatic nitrogens is 2. The minimum atomic E-state index is 0.488. The average molecular weight is 636 g/mol. The highest BCUT2D eigenvalue weighted by molar-refractivity contribution is 6.11. The molecule has 2 aromatic heterocycles. The number of nitriles is 3. The van der Waals surface area contributed by atoms with Crippen LogP contribution in [-0.4, -0.2) is 9.13 Å². The second-order valence-corrected chi connectivity index (χ2v) is 12.3. The third-order valence-electron chi connectivity index (χ3n) is 9.66. The number of hydrogen-bond donors (Lipinski definition) is 0. The van der Waals surface area contributed by atoms with Crippen LogP contribution in [-0.2, 0) is 0 Å². The fraction of sp³-hybridized carbons (Fsp3) is 0. The van der Waals surface area contributed by atoms with Crippen LogP contribution in [0.4, 0.5) is 0 Å². The lowest BCUT2D eigenvalue weighted by Gasteiger charge is -2.19. The predicted molar refractivity (Wildman–Crippen MR) is 200 cm³/mol. The summed E-state index contributed by atoms with van der Waals surface area (Å²) >= 11 is 0. The molecule has 0 spiro atoms. The van der Waals surface area contributed by atoms with Gasteiger partial charge in [-0.05, 0) is 77.4 Å². The molecule has 5 heteroatoms. The van der Waals surface area contributed by atoms with Gasteiger partial charge in [0.25, 0.3) is 0 Å². The van der Waals surface area contributed by atoms with Crippen LogP contribution in [0, 0.1) is 34.0 Å². The smallest absolute Gasteiger partial charge is 0.101 e. The molecule has 0 saturated heterocycles. The summed E-state index contributed by atoms with van der Waals surface area (Å²) in [6.07, 6.45) is 0. The van der Waals surface area contributed by atoms with Crippen molar-refractivity contribution in [1.82, 2.24) is 9.13 Å². The number of nitrogens with zero attached hydrogens (tertiary/aromatic N) is 5. The molecule has 0 N–H and O–H groups in total. The predicted octanol–water partition coefficient (Wildman–Crippen LogP) is 10.8. The van der Waals surface area contributed by atoms with Gasteiger partial charge in [0.1, 0.15) is 6.07 Å². The zero-order valence-electron chi connectivity index (χ0n) is 26.7. The first-order valence-electron chi connectivity index (χ1n) is 16.3. The second kappa shape index (κ2) is 11.4. The number of hydrogen-bond acceptors (Lipinski definition) is 3. The van der Waals surface area contributed by atoms with Crippen molar-refractivity contribution in [2.45, 2.75) is 0 Å². The lowest BCUT2D eigenvalue weighted by Crippen LogP contribution is -2.03. The maximum Gasteiger partial charge on any atom is 0.101 e. The Balaban J connectivity index is 1.27. The van der Waals surface area contributed by atoms with E-state index in [9.17, 15) is 15.8 Å². The van der Waals surface area contributed by atoms with E-state index < -0.39 is 0 Å². The van der Waals surface area contributed by atoms with Crippen molar-refractivity contribution in [2.24, 2.45) is 0 Å². The van der Waals surface area contributed by atoms with E-state index in [2.05, 4.69) is 94.1 Å². The number of benzene rings is 7. The van der Waals surface area contributed by atoms with Crippen LogP contribution in [0.5, 0.6) is 0 Å². The monoisotopic (exact) mass is 635 g/mol. The van der Waals surface area contributed by atoms with Crippen molar-refractivity contribution in [2.75, 3.05) is 0 Å². The number of para-hydroxylation sites is 3. The fourth-order valence-corrected chi connectivity index (χ4v) is 7.51. The summed E-state index contributed by atoms with van der Waals surface area (Å²) in [4.78, 5) is 0. The highest BCUT2D eigenvalue weighted by Gasteiger charge is 2.23. The molecule has 9 rings (SSSR count). The maximum absolute atomic E-state index is 10.5. The molecular formula is C45H25N5. The van der Waals surface area contributed by atoms with E-state index in [1.54, 1.807) is 12.1 Å². The molecule has 2 heterocycles. The van der Waals surface area contributed by atoms with Crippen LogP contribution >= 0.6 is 0 Å². The third-order valence-corrected chi connectivity index (χ3v) is 9.66.